The van der Waals surface area contributed by atoms with E-state index in [1.807, 2.05) is 39.0 Å². The van der Waals surface area contributed by atoms with Crippen LogP contribution in [0.4, 0.5) is 15.0 Å². The summed E-state index contributed by atoms with van der Waals surface area (Å²) in [6, 6.07) is 10.4. The van der Waals surface area contributed by atoms with Gasteiger partial charge in [0, 0.05) is 49.9 Å². The molecule has 3 aromatic rings. The molecule has 11 heteroatoms. The number of hydrogen-bond acceptors (Lipinski definition) is 9. The van der Waals surface area contributed by atoms with Crippen molar-refractivity contribution in [2.45, 2.75) is 63.9 Å². The van der Waals surface area contributed by atoms with E-state index < -0.39 is 0 Å². The van der Waals surface area contributed by atoms with Crippen LogP contribution in [0.5, 0.6) is 0 Å². The molecule has 3 atom stereocenters. The fourth-order valence-corrected chi connectivity index (χ4v) is 5.14. The predicted molar refractivity (Wildman–Crippen MR) is 143 cm³/mol. The van der Waals surface area contributed by atoms with Crippen LogP contribution in [0.1, 0.15) is 57.1 Å². The first-order valence-electron chi connectivity index (χ1n) is 13.4. The molecule has 2 fully saturated rings. The van der Waals surface area contributed by atoms with E-state index in [1.54, 1.807) is 23.2 Å². The number of benzene rings is 1. The Hall–Kier alpha value is -3.57. The second-order valence-electron chi connectivity index (χ2n) is 10.5. The fourth-order valence-electron chi connectivity index (χ4n) is 5.14. The fraction of sp³-hybridized carbons (Fsp3) is 0.500. The Labute approximate surface area is 227 Å². The summed E-state index contributed by atoms with van der Waals surface area (Å²) in [4.78, 5) is 25.0. The molecule has 0 radical (unpaired) electrons. The van der Waals surface area contributed by atoms with Gasteiger partial charge in [0.1, 0.15) is 17.7 Å². The number of nitrogens with zero attached hydrogens (tertiary/aromatic N) is 5. The molecular weight excluding hydrogens is 503 g/mol. The lowest BCUT2D eigenvalue weighted by atomic mass is 9.94. The van der Waals surface area contributed by atoms with Crippen molar-refractivity contribution in [2.24, 2.45) is 5.73 Å². The average Bonchev–Trinajstić information content (AvgIpc) is 3.57. The maximum absolute atomic E-state index is 14.3. The lowest BCUT2D eigenvalue weighted by Crippen LogP contribution is -2.42. The highest BCUT2D eigenvalue weighted by Crippen LogP contribution is 2.31. The highest BCUT2D eigenvalue weighted by Gasteiger charge is 2.33. The number of likely N-dealkylation sites (tertiary alicyclic amines) is 1. The Morgan fingerprint density at radius 1 is 1.13 bits per heavy atom. The highest BCUT2D eigenvalue weighted by molar-refractivity contribution is 5.67. The standard InChI is InChI=1S/C28H35FN6O4/c1-17(2)37-28(36)34-12-10-20(11-13-34)38-18(3)27-32-26(33-39-27)19-8-9-25(31-14-19)35-15-22(24(30)16-35)21-6-4-5-7-23(21)29/h4-9,14,17-18,20,22,24H,10-13,15-16,30H2,1-3H3/t18-,22-,24+/m1/s1. The van der Waals surface area contributed by atoms with E-state index >= 15 is 0 Å². The van der Waals surface area contributed by atoms with Gasteiger partial charge in [-0.15, -0.1) is 0 Å². The van der Waals surface area contributed by atoms with Gasteiger partial charge >= 0.3 is 6.09 Å². The van der Waals surface area contributed by atoms with Crippen LogP contribution in [-0.4, -0.2) is 70.5 Å². The zero-order valence-corrected chi connectivity index (χ0v) is 22.5. The molecule has 0 spiro atoms. The summed E-state index contributed by atoms with van der Waals surface area (Å²) >= 11 is 0. The van der Waals surface area contributed by atoms with E-state index in [0.29, 0.717) is 61.9 Å². The zero-order valence-electron chi connectivity index (χ0n) is 22.5. The van der Waals surface area contributed by atoms with Gasteiger partial charge in [-0.3, -0.25) is 0 Å². The molecule has 2 aliphatic rings. The molecule has 1 amide bonds. The Bertz CT molecular complexity index is 1260. The molecule has 0 unspecified atom stereocenters. The van der Waals surface area contributed by atoms with Gasteiger partial charge in [-0.25, -0.2) is 14.2 Å². The monoisotopic (exact) mass is 538 g/mol. The molecule has 2 aliphatic heterocycles. The van der Waals surface area contributed by atoms with Gasteiger partial charge in [0.05, 0.1) is 12.2 Å². The van der Waals surface area contributed by atoms with Crippen LogP contribution in [0, 0.1) is 5.82 Å². The number of aromatic nitrogens is 3. The molecule has 2 N–H and O–H groups in total. The maximum Gasteiger partial charge on any atom is 0.410 e. The summed E-state index contributed by atoms with van der Waals surface area (Å²) < 4.78 is 31.2. The van der Waals surface area contributed by atoms with Crippen molar-refractivity contribution in [3.63, 3.8) is 0 Å². The van der Waals surface area contributed by atoms with Crippen LogP contribution in [0.2, 0.25) is 0 Å². The van der Waals surface area contributed by atoms with E-state index in [0.717, 1.165) is 5.82 Å². The third-order valence-corrected chi connectivity index (χ3v) is 7.22. The first kappa shape index (κ1) is 27.0. The largest absolute Gasteiger partial charge is 0.447 e. The lowest BCUT2D eigenvalue weighted by molar-refractivity contribution is -0.0475. The van der Waals surface area contributed by atoms with E-state index in [4.69, 9.17) is 19.7 Å². The average molecular weight is 539 g/mol. The van der Waals surface area contributed by atoms with Gasteiger partial charge in [0.25, 0.3) is 5.89 Å². The normalized spacial score (nSPS) is 21.0. The molecule has 0 saturated carbocycles. The van der Waals surface area contributed by atoms with Crippen LogP contribution in [0.3, 0.4) is 0 Å². The van der Waals surface area contributed by atoms with E-state index in [1.165, 1.54) is 6.07 Å². The zero-order chi connectivity index (χ0) is 27.5. The Morgan fingerprint density at radius 3 is 2.59 bits per heavy atom. The summed E-state index contributed by atoms with van der Waals surface area (Å²) in [6.07, 6.45) is 2.29. The summed E-state index contributed by atoms with van der Waals surface area (Å²) in [5.41, 5.74) is 7.71. The SMILES string of the molecule is CC(C)OC(=O)N1CCC(O[C@H](C)c2nc(-c3ccc(N4C[C@H](c5ccccc5F)[C@@H](N)C4)nc3)no2)CC1. The van der Waals surface area contributed by atoms with Crippen molar-refractivity contribution in [3.05, 3.63) is 59.9 Å². The first-order valence-corrected chi connectivity index (χ1v) is 13.4. The number of pyridine rings is 1. The summed E-state index contributed by atoms with van der Waals surface area (Å²) in [5, 5.41) is 4.11. The van der Waals surface area contributed by atoms with Crippen molar-refractivity contribution in [1.82, 2.24) is 20.0 Å². The van der Waals surface area contributed by atoms with Gasteiger partial charge in [-0.1, -0.05) is 23.4 Å². The van der Waals surface area contributed by atoms with Gasteiger partial charge < -0.3 is 29.5 Å². The number of nitrogens with two attached hydrogens (primary N) is 1. The molecule has 208 valence electrons. The van der Waals surface area contributed by atoms with E-state index in [-0.39, 0.29) is 42.2 Å². The number of carbonyl (C=O) groups excluding carboxylic acids is 1. The van der Waals surface area contributed by atoms with Crippen molar-refractivity contribution in [1.29, 1.82) is 0 Å². The molecule has 0 aliphatic carbocycles. The molecular formula is C28H35FN6O4. The Kier molecular flexibility index (Phi) is 8.08. The molecule has 4 heterocycles. The third kappa shape index (κ3) is 6.20. The maximum atomic E-state index is 14.3. The quantitative estimate of drug-likeness (QED) is 0.470. The molecule has 1 aromatic carbocycles. The Balaban J connectivity index is 1.16. The second-order valence-corrected chi connectivity index (χ2v) is 10.5. The minimum atomic E-state index is -0.390. The summed E-state index contributed by atoms with van der Waals surface area (Å²) in [7, 11) is 0. The van der Waals surface area contributed by atoms with Gasteiger partial charge in [0.15, 0.2) is 0 Å². The van der Waals surface area contributed by atoms with Crippen LogP contribution in [0.25, 0.3) is 11.4 Å². The summed E-state index contributed by atoms with van der Waals surface area (Å²) in [6.45, 7) is 7.90. The molecule has 5 rings (SSSR count). The smallest absolute Gasteiger partial charge is 0.410 e. The number of hydrogen-bond donors (Lipinski definition) is 1. The van der Waals surface area contributed by atoms with Crippen LogP contribution in [0.15, 0.2) is 47.1 Å². The third-order valence-electron chi connectivity index (χ3n) is 7.22. The number of rotatable bonds is 7. The van der Waals surface area contributed by atoms with Crippen molar-refractivity contribution < 1.29 is 23.2 Å². The summed E-state index contributed by atoms with van der Waals surface area (Å²) in [5.74, 6) is 1.24. The van der Waals surface area contributed by atoms with Crippen molar-refractivity contribution >= 4 is 11.9 Å². The van der Waals surface area contributed by atoms with Gasteiger partial charge in [-0.05, 0) is 57.4 Å². The number of carbonyl (C=O) groups is 1. The molecule has 10 nitrogen and oxygen atoms in total. The number of amides is 1. The minimum absolute atomic E-state index is 0.0144. The number of anilines is 1. The van der Waals surface area contributed by atoms with E-state index in [2.05, 4.69) is 20.0 Å². The number of halogens is 1. The molecule has 0 bridgehead atoms. The topological polar surface area (TPSA) is 120 Å². The lowest BCUT2D eigenvalue weighted by Gasteiger charge is -2.32. The van der Waals surface area contributed by atoms with Crippen LogP contribution >= 0.6 is 0 Å². The van der Waals surface area contributed by atoms with Gasteiger partial charge in [-0.2, -0.15) is 4.98 Å². The van der Waals surface area contributed by atoms with Crippen LogP contribution < -0.4 is 10.6 Å². The second kappa shape index (κ2) is 11.7. The Morgan fingerprint density at radius 2 is 1.90 bits per heavy atom. The highest BCUT2D eigenvalue weighted by atomic mass is 19.1. The molecule has 2 saturated heterocycles. The van der Waals surface area contributed by atoms with Crippen molar-refractivity contribution in [2.75, 3.05) is 31.1 Å². The first-order chi connectivity index (χ1) is 18.8. The number of piperidine rings is 1. The molecule has 39 heavy (non-hydrogen) atoms. The van der Waals surface area contributed by atoms with Gasteiger partial charge in [0.2, 0.25) is 5.82 Å². The minimum Gasteiger partial charge on any atom is -0.447 e. The van der Waals surface area contributed by atoms with Crippen molar-refractivity contribution in [3.8, 4) is 11.4 Å². The molecule has 2 aromatic heterocycles. The van der Waals surface area contributed by atoms with E-state index in [9.17, 15) is 9.18 Å². The van der Waals surface area contributed by atoms with Crippen LogP contribution in [-0.2, 0) is 9.47 Å². The predicted octanol–water partition coefficient (Wildman–Crippen LogP) is 4.29. The number of ether oxygens (including phenoxy) is 2.